The summed E-state index contributed by atoms with van der Waals surface area (Å²) in [7, 11) is 0. The highest BCUT2D eigenvalue weighted by atomic mass is 79.9. The molecule has 1 unspecified atom stereocenters. The average Bonchev–Trinajstić information content (AvgIpc) is 2.15. The van der Waals surface area contributed by atoms with Crippen molar-refractivity contribution in [3.8, 4) is 0 Å². The average molecular weight is 281 g/mol. The third kappa shape index (κ3) is 1.72. The van der Waals surface area contributed by atoms with Crippen LogP contribution in [0, 0.1) is 5.92 Å². The van der Waals surface area contributed by atoms with Gasteiger partial charge in [-0.1, -0.05) is 28.4 Å². The molecule has 1 saturated carbocycles. The van der Waals surface area contributed by atoms with E-state index in [0.717, 1.165) is 23.7 Å². The molecule has 0 spiro atoms. The van der Waals surface area contributed by atoms with E-state index in [1.165, 1.54) is 30.4 Å². The van der Waals surface area contributed by atoms with Gasteiger partial charge in [0.2, 0.25) is 0 Å². The summed E-state index contributed by atoms with van der Waals surface area (Å²) in [5.41, 5.74) is 2.36. The molecule has 2 heteroatoms. The van der Waals surface area contributed by atoms with Crippen molar-refractivity contribution in [3.63, 3.8) is 0 Å². The van der Waals surface area contributed by atoms with E-state index in [9.17, 15) is 5.11 Å². The summed E-state index contributed by atoms with van der Waals surface area (Å²) in [6.07, 6.45) is 6.59. The summed E-state index contributed by atoms with van der Waals surface area (Å²) >= 11 is 3.51. The molecule has 1 aromatic carbocycles. The highest BCUT2D eigenvalue weighted by Crippen LogP contribution is 2.43. The molecule has 2 aliphatic carbocycles. The number of hydrogen-bond acceptors (Lipinski definition) is 1. The molecule has 1 nitrogen and oxygen atoms in total. The van der Waals surface area contributed by atoms with Crippen LogP contribution in [0.1, 0.15) is 36.8 Å². The monoisotopic (exact) mass is 280 g/mol. The van der Waals surface area contributed by atoms with Crippen LogP contribution < -0.4 is 0 Å². The van der Waals surface area contributed by atoms with Gasteiger partial charge in [-0.2, -0.15) is 0 Å². The molecule has 0 aliphatic heterocycles. The van der Waals surface area contributed by atoms with Crippen LogP contribution in [0.15, 0.2) is 22.7 Å². The van der Waals surface area contributed by atoms with Gasteiger partial charge in [-0.3, -0.25) is 0 Å². The topological polar surface area (TPSA) is 20.2 Å². The molecule has 86 valence electrons. The zero-order valence-electron chi connectivity index (χ0n) is 9.38. The van der Waals surface area contributed by atoms with E-state index in [-0.39, 0.29) is 0 Å². The zero-order valence-corrected chi connectivity index (χ0v) is 11.0. The van der Waals surface area contributed by atoms with Crippen LogP contribution in [0.25, 0.3) is 0 Å². The van der Waals surface area contributed by atoms with E-state index in [1.807, 2.05) is 0 Å². The van der Waals surface area contributed by atoms with Crippen molar-refractivity contribution >= 4 is 15.9 Å². The third-order valence-corrected chi connectivity index (χ3v) is 4.85. The van der Waals surface area contributed by atoms with Crippen molar-refractivity contribution in [1.82, 2.24) is 0 Å². The van der Waals surface area contributed by atoms with E-state index in [1.54, 1.807) is 0 Å². The Morgan fingerprint density at radius 1 is 1.25 bits per heavy atom. The highest BCUT2D eigenvalue weighted by molar-refractivity contribution is 9.10. The Hall–Kier alpha value is -0.340. The first-order chi connectivity index (χ1) is 7.67. The van der Waals surface area contributed by atoms with Gasteiger partial charge in [-0.15, -0.1) is 0 Å². The zero-order chi connectivity index (χ0) is 11.2. The van der Waals surface area contributed by atoms with Gasteiger partial charge < -0.3 is 5.11 Å². The fraction of sp³-hybridized carbons (Fsp3) is 0.571. The highest BCUT2D eigenvalue weighted by Gasteiger charge is 2.42. The summed E-state index contributed by atoms with van der Waals surface area (Å²) in [5.74, 6) is 0.560. The lowest BCUT2D eigenvalue weighted by molar-refractivity contribution is -0.0603. The van der Waals surface area contributed by atoms with Crippen molar-refractivity contribution in [2.24, 2.45) is 5.92 Å². The smallest absolute Gasteiger partial charge is 0.0719 e. The number of rotatable bonds is 1. The van der Waals surface area contributed by atoms with Gasteiger partial charge in [0.25, 0.3) is 0 Å². The summed E-state index contributed by atoms with van der Waals surface area (Å²) in [5, 5.41) is 10.7. The normalized spacial score (nSPS) is 29.6. The molecule has 1 aromatic rings. The Kier molecular flexibility index (Phi) is 2.60. The standard InChI is InChI=1S/C14H17BrO/c15-13-5-4-11-9-14(16,12-2-1-3-12)7-6-10(11)8-13/h4-5,8,12,16H,1-3,6-7,9H2. The first-order valence-corrected chi connectivity index (χ1v) is 6.96. The van der Waals surface area contributed by atoms with E-state index in [2.05, 4.69) is 34.1 Å². The maximum absolute atomic E-state index is 10.7. The second-order valence-electron chi connectivity index (χ2n) is 5.32. The van der Waals surface area contributed by atoms with Crippen LogP contribution in [-0.4, -0.2) is 10.7 Å². The van der Waals surface area contributed by atoms with Gasteiger partial charge in [-0.25, -0.2) is 0 Å². The predicted octanol–water partition coefficient (Wildman–Crippen LogP) is 3.47. The Bertz CT molecular complexity index is 411. The van der Waals surface area contributed by atoms with Crippen LogP contribution in [0.4, 0.5) is 0 Å². The fourth-order valence-electron chi connectivity index (χ4n) is 3.06. The Morgan fingerprint density at radius 2 is 2.06 bits per heavy atom. The second-order valence-corrected chi connectivity index (χ2v) is 6.24. The summed E-state index contributed by atoms with van der Waals surface area (Å²) in [6.45, 7) is 0. The van der Waals surface area contributed by atoms with Gasteiger partial charge in [0, 0.05) is 10.9 Å². The molecule has 2 aliphatic rings. The lowest BCUT2D eigenvalue weighted by Crippen LogP contribution is -2.46. The number of fused-ring (bicyclic) bond motifs is 1. The molecule has 0 aromatic heterocycles. The molecular weight excluding hydrogens is 264 g/mol. The van der Waals surface area contributed by atoms with Crippen molar-refractivity contribution in [3.05, 3.63) is 33.8 Å². The predicted molar refractivity (Wildman–Crippen MR) is 68.5 cm³/mol. The van der Waals surface area contributed by atoms with Crippen LogP contribution in [0.5, 0.6) is 0 Å². The molecular formula is C14H17BrO. The minimum Gasteiger partial charge on any atom is -0.389 e. The maximum Gasteiger partial charge on any atom is 0.0719 e. The second kappa shape index (κ2) is 3.85. The minimum atomic E-state index is -0.404. The lowest BCUT2D eigenvalue weighted by atomic mass is 9.65. The van der Waals surface area contributed by atoms with Gasteiger partial charge in [0.05, 0.1) is 5.60 Å². The first-order valence-electron chi connectivity index (χ1n) is 6.17. The Morgan fingerprint density at radius 3 is 2.75 bits per heavy atom. The quantitative estimate of drug-likeness (QED) is 0.835. The van der Waals surface area contributed by atoms with E-state index in [4.69, 9.17) is 0 Å². The first kappa shape index (κ1) is 10.8. The minimum absolute atomic E-state index is 0.404. The molecule has 1 N–H and O–H groups in total. The molecule has 0 heterocycles. The van der Waals surface area contributed by atoms with E-state index < -0.39 is 5.60 Å². The van der Waals surface area contributed by atoms with Gasteiger partial charge >= 0.3 is 0 Å². The van der Waals surface area contributed by atoms with Gasteiger partial charge in [-0.05, 0) is 54.9 Å². The molecule has 0 radical (unpaired) electrons. The summed E-state index contributed by atoms with van der Waals surface area (Å²) in [6, 6.07) is 6.46. The number of aliphatic hydroxyl groups is 1. The van der Waals surface area contributed by atoms with Crippen LogP contribution in [0.3, 0.4) is 0 Å². The van der Waals surface area contributed by atoms with E-state index in [0.29, 0.717) is 5.92 Å². The molecule has 1 fully saturated rings. The van der Waals surface area contributed by atoms with Gasteiger partial charge in [0.1, 0.15) is 0 Å². The van der Waals surface area contributed by atoms with Crippen LogP contribution >= 0.6 is 15.9 Å². The fourth-order valence-corrected chi connectivity index (χ4v) is 3.47. The van der Waals surface area contributed by atoms with Crippen molar-refractivity contribution in [1.29, 1.82) is 0 Å². The van der Waals surface area contributed by atoms with Crippen molar-refractivity contribution in [2.75, 3.05) is 0 Å². The number of aryl methyl sites for hydroxylation is 1. The molecule has 0 amide bonds. The summed E-state index contributed by atoms with van der Waals surface area (Å²) in [4.78, 5) is 0. The largest absolute Gasteiger partial charge is 0.389 e. The molecule has 16 heavy (non-hydrogen) atoms. The number of benzene rings is 1. The Balaban J connectivity index is 1.88. The maximum atomic E-state index is 10.7. The SMILES string of the molecule is OC1(C2CCC2)CCc2cc(Br)ccc2C1. The molecule has 1 atom stereocenters. The number of halogens is 1. The number of hydrogen-bond donors (Lipinski definition) is 1. The Labute approximate surface area is 105 Å². The van der Waals surface area contributed by atoms with Crippen molar-refractivity contribution < 1.29 is 5.11 Å². The van der Waals surface area contributed by atoms with Gasteiger partial charge in [0.15, 0.2) is 0 Å². The summed E-state index contributed by atoms with van der Waals surface area (Å²) < 4.78 is 1.15. The lowest BCUT2D eigenvalue weighted by Gasteiger charge is -2.44. The molecule has 3 rings (SSSR count). The van der Waals surface area contributed by atoms with E-state index >= 15 is 0 Å². The molecule has 0 bridgehead atoms. The van der Waals surface area contributed by atoms with Crippen LogP contribution in [0.2, 0.25) is 0 Å². The molecule has 0 saturated heterocycles. The van der Waals surface area contributed by atoms with Crippen molar-refractivity contribution in [2.45, 2.75) is 44.1 Å². The van der Waals surface area contributed by atoms with Crippen LogP contribution in [-0.2, 0) is 12.8 Å². The third-order valence-electron chi connectivity index (χ3n) is 4.36.